The molecule has 30 heavy (non-hydrogen) atoms. The van der Waals surface area contributed by atoms with Gasteiger partial charge in [-0.05, 0) is 43.8 Å². The zero-order valence-corrected chi connectivity index (χ0v) is 18.8. The molecule has 1 aliphatic heterocycles. The van der Waals surface area contributed by atoms with Gasteiger partial charge in [-0.15, -0.1) is 11.3 Å². The van der Waals surface area contributed by atoms with Crippen molar-refractivity contribution in [3.05, 3.63) is 46.3 Å². The summed E-state index contributed by atoms with van der Waals surface area (Å²) in [6, 6.07) is 6.41. The van der Waals surface area contributed by atoms with E-state index >= 15 is 0 Å². The summed E-state index contributed by atoms with van der Waals surface area (Å²) in [6.07, 6.45) is 0. The van der Waals surface area contributed by atoms with E-state index in [9.17, 15) is 18.0 Å². The summed E-state index contributed by atoms with van der Waals surface area (Å²) in [6.45, 7) is 6.97. The lowest BCUT2D eigenvalue weighted by Gasteiger charge is -2.36. The lowest BCUT2D eigenvalue weighted by atomic mass is 10.2. The molecule has 0 unspecified atom stereocenters. The minimum Gasteiger partial charge on any atom is -0.366 e. The van der Waals surface area contributed by atoms with Crippen LogP contribution in [0.3, 0.4) is 0 Å². The molecule has 2 aromatic rings. The Morgan fingerprint density at radius 2 is 1.80 bits per heavy atom. The van der Waals surface area contributed by atoms with E-state index < -0.39 is 22.0 Å². The molecule has 10 heteroatoms. The number of thiophene rings is 1. The van der Waals surface area contributed by atoms with Crippen molar-refractivity contribution in [2.75, 3.05) is 31.5 Å². The van der Waals surface area contributed by atoms with Crippen molar-refractivity contribution < 1.29 is 18.0 Å². The van der Waals surface area contributed by atoms with Crippen molar-refractivity contribution in [1.29, 1.82) is 0 Å². The Balaban J connectivity index is 1.63. The number of nitrogens with zero attached hydrogens (tertiary/aromatic N) is 2. The van der Waals surface area contributed by atoms with Crippen molar-refractivity contribution in [1.82, 2.24) is 9.21 Å². The molecule has 3 rings (SSSR count). The molecule has 2 amide bonds. The van der Waals surface area contributed by atoms with Crippen LogP contribution in [0.1, 0.15) is 28.4 Å². The predicted octanol–water partition coefficient (Wildman–Crippen LogP) is 1.80. The lowest BCUT2D eigenvalue weighted by molar-refractivity contribution is -0.121. The number of primary amides is 1. The molecule has 3 N–H and O–H groups in total. The second-order valence-electron chi connectivity index (χ2n) is 7.40. The number of carbonyl (C=O) groups is 2. The fourth-order valence-corrected chi connectivity index (χ4v) is 5.96. The first-order valence-electron chi connectivity index (χ1n) is 9.61. The molecule has 2 heterocycles. The van der Waals surface area contributed by atoms with Gasteiger partial charge in [0.25, 0.3) is 5.91 Å². The van der Waals surface area contributed by atoms with Crippen LogP contribution in [-0.2, 0) is 14.8 Å². The molecule has 1 saturated heterocycles. The number of nitrogens with two attached hydrogens (primary N) is 1. The van der Waals surface area contributed by atoms with Crippen LogP contribution in [-0.4, -0.2) is 61.7 Å². The van der Waals surface area contributed by atoms with Gasteiger partial charge in [0.2, 0.25) is 15.9 Å². The first-order valence-corrected chi connectivity index (χ1v) is 11.9. The van der Waals surface area contributed by atoms with Gasteiger partial charge in [0.1, 0.15) is 5.00 Å². The smallest absolute Gasteiger partial charge is 0.251 e. The van der Waals surface area contributed by atoms with Gasteiger partial charge in [0.05, 0.1) is 16.5 Å². The largest absolute Gasteiger partial charge is 0.366 e. The fourth-order valence-electron chi connectivity index (χ4n) is 3.54. The van der Waals surface area contributed by atoms with Crippen molar-refractivity contribution in [3.8, 4) is 0 Å². The number of carbonyl (C=O) groups excluding carboxylic acids is 2. The molecule has 0 radical (unpaired) electrons. The standard InChI is InChI=1S/C20H26N4O4S2/c1-13-4-5-17(14(2)12-13)30(27,28)24-9-7-23(8-10-24)15(3)19(26)22-20-16(18(21)25)6-11-29-20/h4-6,11-12,15H,7-10H2,1-3H3,(H2,21,25)(H,22,26)/t15-/m0/s1. The van der Waals surface area contributed by atoms with Gasteiger partial charge < -0.3 is 11.1 Å². The van der Waals surface area contributed by atoms with Gasteiger partial charge in [0, 0.05) is 26.2 Å². The molecule has 1 aromatic carbocycles. The molecule has 1 atom stereocenters. The van der Waals surface area contributed by atoms with Gasteiger partial charge in [-0.25, -0.2) is 8.42 Å². The van der Waals surface area contributed by atoms with E-state index in [4.69, 9.17) is 5.73 Å². The summed E-state index contributed by atoms with van der Waals surface area (Å²) < 4.78 is 27.5. The molecule has 1 fully saturated rings. The average molecular weight is 451 g/mol. The number of sulfonamides is 1. The zero-order valence-electron chi connectivity index (χ0n) is 17.2. The summed E-state index contributed by atoms with van der Waals surface area (Å²) in [5.41, 5.74) is 7.35. The summed E-state index contributed by atoms with van der Waals surface area (Å²) in [5, 5.41) is 4.87. The molecule has 1 aliphatic rings. The summed E-state index contributed by atoms with van der Waals surface area (Å²) in [7, 11) is -3.58. The Bertz CT molecular complexity index is 1060. The Hall–Kier alpha value is -2.27. The minimum absolute atomic E-state index is 0.259. The summed E-state index contributed by atoms with van der Waals surface area (Å²) in [5.74, 6) is -0.852. The molecule has 0 spiro atoms. The molecule has 8 nitrogen and oxygen atoms in total. The second kappa shape index (κ2) is 8.84. The number of nitrogens with one attached hydrogen (secondary N) is 1. The van der Waals surface area contributed by atoms with Crippen LogP contribution in [0.2, 0.25) is 0 Å². The van der Waals surface area contributed by atoms with Crippen LogP contribution in [0.5, 0.6) is 0 Å². The fraction of sp³-hybridized carbons (Fsp3) is 0.400. The number of amides is 2. The maximum atomic E-state index is 13.0. The van der Waals surface area contributed by atoms with Crippen LogP contribution in [0, 0.1) is 13.8 Å². The van der Waals surface area contributed by atoms with Crippen LogP contribution < -0.4 is 11.1 Å². The monoisotopic (exact) mass is 450 g/mol. The van der Waals surface area contributed by atoms with Crippen LogP contribution in [0.25, 0.3) is 0 Å². The van der Waals surface area contributed by atoms with Crippen molar-refractivity contribution in [2.45, 2.75) is 31.7 Å². The third kappa shape index (κ3) is 4.56. The highest BCUT2D eigenvalue weighted by Crippen LogP contribution is 2.25. The summed E-state index contributed by atoms with van der Waals surface area (Å²) >= 11 is 1.24. The van der Waals surface area contributed by atoms with E-state index in [2.05, 4.69) is 5.32 Å². The highest BCUT2D eigenvalue weighted by Gasteiger charge is 2.32. The van der Waals surface area contributed by atoms with Gasteiger partial charge in [-0.1, -0.05) is 17.7 Å². The summed E-state index contributed by atoms with van der Waals surface area (Å²) in [4.78, 5) is 26.3. The van der Waals surface area contributed by atoms with E-state index in [1.54, 1.807) is 37.4 Å². The van der Waals surface area contributed by atoms with Gasteiger partial charge in [0.15, 0.2) is 0 Å². The molecular weight excluding hydrogens is 424 g/mol. The van der Waals surface area contributed by atoms with Crippen LogP contribution in [0.4, 0.5) is 5.00 Å². The Morgan fingerprint density at radius 3 is 2.40 bits per heavy atom. The van der Waals surface area contributed by atoms with Crippen molar-refractivity contribution in [2.24, 2.45) is 5.73 Å². The third-order valence-electron chi connectivity index (χ3n) is 5.32. The zero-order chi connectivity index (χ0) is 22.1. The number of hydrogen-bond acceptors (Lipinski definition) is 6. The second-order valence-corrected chi connectivity index (χ2v) is 10.2. The van der Waals surface area contributed by atoms with Gasteiger partial charge >= 0.3 is 0 Å². The number of rotatable bonds is 6. The molecule has 162 valence electrons. The molecular formula is C20H26N4O4S2. The van der Waals surface area contributed by atoms with E-state index in [0.29, 0.717) is 36.1 Å². The van der Waals surface area contributed by atoms with E-state index in [1.807, 2.05) is 17.9 Å². The molecule has 0 aliphatic carbocycles. The van der Waals surface area contributed by atoms with Crippen molar-refractivity contribution in [3.63, 3.8) is 0 Å². The quantitative estimate of drug-likeness (QED) is 0.697. The predicted molar refractivity (Wildman–Crippen MR) is 117 cm³/mol. The highest BCUT2D eigenvalue weighted by atomic mass is 32.2. The van der Waals surface area contributed by atoms with E-state index in [0.717, 1.165) is 11.1 Å². The SMILES string of the molecule is Cc1ccc(S(=O)(=O)N2CCN([C@@H](C)C(=O)Nc3sccc3C(N)=O)CC2)c(C)c1. The minimum atomic E-state index is -3.58. The number of benzene rings is 1. The highest BCUT2D eigenvalue weighted by molar-refractivity contribution is 7.89. The first kappa shape index (κ1) is 22.4. The van der Waals surface area contributed by atoms with E-state index in [1.165, 1.54) is 15.6 Å². The Labute approximate surface area is 180 Å². The van der Waals surface area contributed by atoms with Crippen LogP contribution in [0.15, 0.2) is 34.5 Å². The van der Waals surface area contributed by atoms with Crippen LogP contribution >= 0.6 is 11.3 Å². The topological polar surface area (TPSA) is 113 Å². The maximum Gasteiger partial charge on any atom is 0.251 e. The number of anilines is 1. The first-order chi connectivity index (χ1) is 14.1. The molecule has 1 aromatic heterocycles. The molecule has 0 saturated carbocycles. The Morgan fingerprint density at radius 1 is 1.13 bits per heavy atom. The lowest BCUT2D eigenvalue weighted by Crippen LogP contribution is -2.54. The normalized spacial score (nSPS) is 16.9. The van der Waals surface area contributed by atoms with Gasteiger partial charge in [-0.2, -0.15) is 4.31 Å². The van der Waals surface area contributed by atoms with Gasteiger partial charge in [-0.3, -0.25) is 14.5 Å². The number of aryl methyl sites for hydroxylation is 2. The number of piperazine rings is 1. The third-order valence-corrected chi connectivity index (χ3v) is 8.20. The number of hydrogen-bond donors (Lipinski definition) is 2. The molecule has 0 bridgehead atoms. The average Bonchev–Trinajstić information content (AvgIpc) is 3.15. The van der Waals surface area contributed by atoms with Crippen molar-refractivity contribution >= 4 is 38.2 Å². The maximum absolute atomic E-state index is 13.0. The van der Waals surface area contributed by atoms with E-state index in [-0.39, 0.29) is 11.5 Å². The Kier molecular flexibility index (Phi) is 6.61.